The third-order valence-corrected chi connectivity index (χ3v) is 9.39. The molecule has 5 rings (SSSR count). The number of piperazine rings is 1. The molecule has 3 aromatic rings. The zero-order valence-electron chi connectivity index (χ0n) is 18.0. The minimum atomic E-state index is -3.54. The lowest BCUT2D eigenvalue weighted by Crippen LogP contribution is -2.53. The first-order valence-electron chi connectivity index (χ1n) is 11.0. The molecule has 4 heterocycles. The number of anilines is 1. The van der Waals surface area contributed by atoms with Crippen molar-refractivity contribution in [3.8, 4) is 5.69 Å². The van der Waals surface area contributed by atoms with Crippen LogP contribution < -0.4 is 4.90 Å². The zero-order chi connectivity index (χ0) is 22.8. The Balaban J connectivity index is 1.22. The SMILES string of the molecule is O=C(C1CCCN(S(=O)(=O)c2cccs2)C1)N1CCN(c2nnnn2-c2ccccc2)CC1. The predicted octanol–water partition coefficient (Wildman–Crippen LogP) is 1.47. The smallest absolute Gasteiger partial charge is 0.252 e. The van der Waals surface area contributed by atoms with Gasteiger partial charge in [0, 0.05) is 39.3 Å². The van der Waals surface area contributed by atoms with E-state index in [1.807, 2.05) is 35.2 Å². The number of hydrogen-bond acceptors (Lipinski definition) is 8. The third-order valence-electron chi connectivity index (χ3n) is 6.15. The van der Waals surface area contributed by atoms with E-state index in [0.29, 0.717) is 55.7 Å². The van der Waals surface area contributed by atoms with Gasteiger partial charge in [0.1, 0.15) is 4.21 Å². The number of sulfonamides is 1. The van der Waals surface area contributed by atoms with Crippen LogP contribution in [0.2, 0.25) is 0 Å². The van der Waals surface area contributed by atoms with Crippen molar-refractivity contribution in [1.82, 2.24) is 29.4 Å². The summed E-state index contributed by atoms with van der Waals surface area (Å²) in [5.41, 5.74) is 0.880. The van der Waals surface area contributed by atoms with Gasteiger partial charge in [-0.1, -0.05) is 29.4 Å². The minimum Gasteiger partial charge on any atom is -0.339 e. The number of para-hydroxylation sites is 1. The maximum absolute atomic E-state index is 13.2. The molecule has 0 bridgehead atoms. The molecule has 2 saturated heterocycles. The standard InChI is InChI=1S/C21H25N7O3S2/c29-20(17-6-4-10-27(16-17)33(30,31)19-9-5-15-32-19)25-11-13-26(14-12-25)21-22-23-24-28(21)18-7-2-1-3-8-18/h1-3,5,7-9,15,17H,4,6,10-14,16H2. The summed E-state index contributed by atoms with van der Waals surface area (Å²) < 4.78 is 29.3. The molecule has 0 radical (unpaired) electrons. The molecule has 2 aromatic heterocycles. The van der Waals surface area contributed by atoms with Crippen LogP contribution in [0.4, 0.5) is 5.95 Å². The predicted molar refractivity (Wildman–Crippen MR) is 124 cm³/mol. The quantitative estimate of drug-likeness (QED) is 0.537. The zero-order valence-corrected chi connectivity index (χ0v) is 19.7. The number of hydrogen-bond donors (Lipinski definition) is 0. The Hall–Kier alpha value is -2.83. The van der Waals surface area contributed by atoms with E-state index in [-0.39, 0.29) is 18.4 Å². The molecule has 1 atom stereocenters. The highest BCUT2D eigenvalue weighted by atomic mass is 32.2. The van der Waals surface area contributed by atoms with E-state index in [4.69, 9.17) is 0 Å². The maximum atomic E-state index is 13.2. The van der Waals surface area contributed by atoms with Crippen molar-refractivity contribution in [2.24, 2.45) is 5.92 Å². The molecule has 10 nitrogen and oxygen atoms in total. The van der Waals surface area contributed by atoms with Gasteiger partial charge >= 0.3 is 0 Å². The minimum absolute atomic E-state index is 0.0309. The molecule has 174 valence electrons. The summed E-state index contributed by atoms with van der Waals surface area (Å²) in [4.78, 5) is 17.2. The highest BCUT2D eigenvalue weighted by Crippen LogP contribution is 2.28. The van der Waals surface area contributed by atoms with Gasteiger partial charge in [0.05, 0.1) is 11.6 Å². The summed E-state index contributed by atoms with van der Waals surface area (Å²) in [6.45, 7) is 3.03. The van der Waals surface area contributed by atoms with Crippen molar-refractivity contribution >= 4 is 33.2 Å². The van der Waals surface area contributed by atoms with E-state index in [9.17, 15) is 13.2 Å². The normalized spacial score (nSPS) is 20.2. The van der Waals surface area contributed by atoms with Crippen molar-refractivity contribution in [3.63, 3.8) is 0 Å². The lowest BCUT2D eigenvalue weighted by molar-refractivity contribution is -0.137. The number of amides is 1. The monoisotopic (exact) mass is 487 g/mol. The largest absolute Gasteiger partial charge is 0.339 e. The maximum Gasteiger partial charge on any atom is 0.252 e. The van der Waals surface area contributed by atoms with E-state index in [1.54, 1.807) is 22.2 Å². The Morgan fingerprint density at radius 2 is 1.79 bits per heavy atom. The average Bonchev–Trinajstić information content (AvgIpc) is 3.57. The molecule has 0 N–H and O–H groups in total. The average molecular weight is 488 g/mol. The molecule has 1 amide bonds. The highest BCUT2D eigenvalue weighted by molar-refractivity contribution is 7.91. The summed E-state index contributed by atoms with van der Waals surface area (Å²) in [6, 6.07) is 13.0. The van der Waals surface area contributed by atoms with Crippen LogP contribution in [0.5, 0.6) is 0 Å². The van der Waals surface area contributed by atoms with E-state index >= 15 is 0 Å². The molecular formula is C21H25N7O3S2. The number of benzene rings is 1. The number of nitrogens with zero attached hydrogens (tertiary/aromatic N) is 7. The van der Waals surface area contributed by atoms with E-state index in [0.717, 1.165) is 5.69 Å². The number of carbonyl (C=O) groups is 1. The van der Waals surface area contributed by atoms with Crippen molar-refractivity contribution in [1.29, 1.82) is 0 Å². The summed E-state index contributed by atoms with van der Waals surface area (Å²) in [5.74, 6) is 0.372. The Morgan fingerprint density at radius 1 is 1.00 bits per heavy atom. The van der Waals surface area contributed by atoms with Crippen LogP contribution in [0.15, 0.2) is 52.1 Å². The molecule has 12 heteroatoms. The van der Waals surface area contributed by atoms with Gasteiger partial charge in [-0.15, -0.1) is 11.3 Å². The summed E-state index contributed by atoms with van der Waals surface area (Å²) >= 11 is 1.21. The molecule has 1 unspecified atom stereocenters. The molecule has 33 heavy (non-hydrogen) atoms. The van der Waals surface area contributed by atoms with Crippen LogP contribution >= 0.6 is 11.3 Å². The third kappa shape index (κ3) is 4.37. The Bertz CT molecular complexity index is 1190. The van der Waals surface area contributed by atoms with Gasteiger partial charge < -0.3 is 9.80 Å². The molecule has 0 saturated carbocycles. The van der Waals surface area contributed by atoms with E-state index < -0.39 is 10.0 Å². The Labute approximate surface area is 196 Å². The van der Waals surface area contributed by atoms with Gasteiger partial charge in [0.15, 0.2) is 0 Å². The van der Waals surface area contributed by atoms with Crippen molar-refractivity contribution < 1.29 is 13.2 Å². The van der Waals surface area contributed by atoms with Gasteiger partial charge in [-0.2, -0.15) is 8.99 Å². The molecule has 2 aliphatic rings. The summed E-state index contributed by atoms with van der Waals surface area (Å²) in [5, 5.41) is 13.9. The van der Waals surface area contributed by atoms with Crippen LogP contribution in [0.3, 0.4) is 0 Å². The fourth-order valence-electron chi connectivity index (χ4n) is 4.40. The molecule has 1 aromatic carbocycles. The molecule has 0 spiro atoms. The lowest BCUT2D eigenvalue weighted by Gasteiger charge is -2.38. The number of rotatable bonds is 5. The fraction of sp³-hybridized carbons (Fsp3) is 0.429. The van der Waals surface area contributed by atoms with Gasteiger partial charge in [0.25, 0.3) is 10.0 Å². The van der Waals surface area contributed by atoms with Gasteiger partial charge in [-0.3, -0.25) is 4.79 Å². The van der Waals surface area contributed by atoms with Gasteiger partial charge in [-0.05, 0) is 46.8 Å². The molecule has 2 fully saturated rings. The first-order valence-corrected chi connectivity index (χ1v) is 13.3. The van der Waals surface area contributed by atoms with Crippen LogP contribution in [-0.4, -0.2) is 83.0 Å². The number of thiophene rings is 1. The number of piperidine rings is 1. The first-order chi connectivity index (χ1) is 16.0. The number of tetrazole rings is 1. The van der Waals surface area contributed by atoms with Gasteiger partial charge in [0.2, 0.25) is 11.9 Å². The van der Waals surface area contributed by atoms with Crippen molar-refractivity contribution in [2.45, 2.75) is 17.1 Å². The van der Waals surface area contributed by atoms with E-state index in [1.165, 1.54) is 15.6 Å². The van der Waals surface area contributed by atoms with Crippen LogP contribution in [0, 0.1) is 5.92 Å². The lowest BCUT2D eigenvalue weighted by atomic mass is 9.98. The molecule has 2 aliphatic heterocycles. The highest BCUT2D eigenvalue weighted by Gasteiger charge is 2.36. The Morgan fingerprint density at radius 3 is 2.52 bits per heavy atom. The molecular weight excluding hydrogens is 462 g/mol. The fourth-order valence-corrected chi connectivity index (χ4v) is 7.07. The van der Waals surface area contributed by atoms with Crippen LogP contribution in [0.1, 0.15) is 12.8 Å². The second-order valence-corrected chi connectivity index (χ2v) is 11.3. The van der Waals surface area contributed by atoms with Crippen LogP contribution in [-0.2, 0) is 14.8 Å². The van der Waals surface area contributed by atoms with E-state index in [2.05, 4.69) is 20.4 Å². The van der Waals surface area contributed by atoms with Crippen molar-refractivity contribution in [3.05, 3.63) is 47.8 Å². The second-order valence-electron chi connectivity index (χ2n) is 8.17. The number of carbonyl (C=O) groups excluding carboxylic acids is 1. The second kappa shape index (κ2) is 9.20. The summed E-state index contributed by atoms with van der Waals surface area (Å²) in [6.07, 6.45) is 1.40. The number of aromatic nitrogens is 4. The Kier molecular flexibility index (Phi) is 6.13. The first kappa shape index (κ1) is 22.0. The summed E-state index contributed by atoms with van der Waals surface area (Å²) in [7, 11) is -3.54. The topological polar surface area (TPSA) is 105 Å². The molecule has 0 aliphatic carbocycles. The van der Waals surface area contributed by atoms with Crippen molar-refractivity contribution in [2.75, 3.05) is 44.2 Å². The van der Waals surface area contributed by atoms with Gasteiger partial charge in [-0.25, -0.2) is 8.42 Å². The van der Waals surface area contributed by atoms with Crippen LogP contribution in [0.25, 0.3) is 5.69 Å².